The van der Waals surface area contributed by atoms with Crippen LogP contribution in [0.25, 0.3) is 0 Å². The van der Waals surface area contributed by atoms with Gasteiger partial charge in [0.25, 0.3) is 0 Å². The first-order valence-electron chi connectivity index (χ1n) is 37.8. The van der Waals surface area contributed by atoms with Crippen LogP contribution in [0.4, 0.5) is 13.2 Å². The summed E-state index contributed by atoms with van der Waals surface area (Å²) in [7, 11) is 14.5. The van der Waals surface area contributed by atoms with Gasteiger partial charge in [-0.3, -0.25) is 57.5 Å². The third-order valence-corrected chi connectivity index (χ3v) is 24.9. The number of amides is 12. The molecule has 0 bridgehead atoms. The standard InChI is InChI=1S/C74H122ClF3N12O13/c1-18-44(4)61-70(100)85(12)47(7)65(95)90-36-33-55(90)69(99)87(14)57(39-49-27-25-43(3)26-28-49)68(98)83(10)42-59(91)79-54(32-30-48-29-31-52(53(75)38-48)74(76,77)78)66(96)86(13)56(40-50-23-22-24-51(37-50)103-17)64(94)81-73(34-20-21-35-73)72(102)89(16)62(45(5)19-2)71(101)88(15)58(67(97)82(8)9)41-60(92)84(11)46(6)63(93)80-61/h43-58,61-62H,18-42H2,1-17H3,(H,79,91)(H,80,93)(H,81,94)/t43?,44-,45-,46-,47-,48?,49?,50?,51?,52?,53?,54-,55-,56-,57-,58-,61-,62-/m0/s1. The molecule has 6 aliphatic rings. The molecule has 5 unspecified atom stereocenters. The second-order valence-electron chi connectivity index (χ2n) is 31.6. The number of hydrogen-bond acceptors (Lipinski definition) is 13. The van der Waals surface area contributed by atoms with Crippen LogP contribution in [0.15, 0.2) is 0 Å². The van der Waals surface area contributed by atoms with Crippen LogP contribution in [0.2, 0.25) is 0 Å². The Hall–Kier alpha value is -6.32. The Morgan fingerprint density at radius 1 is 0.621 bits per heavy atom. The fourth-order valence-electron chi connectivity index (χ4n) is 16.4. The molecule has 103 heavy (non-hydrogen) atoms. The minimum atomic E-state index is -4.53. The van der Waals surface area contributed by atoms with Crippen molar-refractivity contribution in [1.29, 1.82) is 0 Å². The highest BCUT2D eigenvalue weighted by Crippen LogP contribution is 2.44. The number of methoxy groups -OCH3 is 1. The molecule has 0 aromatic carbocycles. The van der Waals surface area contributed by atoms with E-state index in [1.54, 1.807) is 21.0 Å². The van der Waals surface area contributed by atoms with Crippen LogP contribution >= 0.6 is 11.6 Å². The maximum Gasteiger partial charge on any atom is 0.393 e. The van der Waals surface area contributed by atoms with Crippen molar-refractivity contribution in [3.63, 3.8) is 0 Å². The highest BCUT2D eigenvalue weighted by atomic mass is 35.5. The zero-order chi connectivity index (χ0) is 77.0. The zero-order valence-corrected chi connectivity index (χ0v) is 65.2. The molecule has 4 saturated carbocycles. The van der Waals surface area contributed by atoms with Crippen molar-refractivity contribution in [2.75, 3.05) is 83.6 Å². The summed E-state index contributed by atoms with van der Waals surface area (Å²) < 4.78 is 48.2. The molecule has 2 heterocycles. The summed E-state index contributed by atoms with van der Waals surface area (Å²) >= 11 is 6.46. The molecule has 1 spiro atoms. The third-order valence-electron chi connectivity index (χ3n) is 24.4. The topological polar surface area (TPSA) is 279 Å². The Morgan fingerprint density at radius 2 is 1.22 bits per heavy atom. The van der Waals surface area contributed by atoms with Crippen LogP contribution in [0.3, 0.4) is 0 Å². The number of carbonyl (C=O) groups excluding carboxylic acids is 12. The molecule has 0 aromatic heterocycles. The molecular weight excluding hydrogens is 1360 g/mol. The molecule has 3 N–H and O–H groups in total. The van der Waals surface area contributed by atoms with Crippen LogP contribution < -0.4 is 16.0 Å². The van der Waals surface area contributed by atoms with Crippen LogP contribution in [0, 0.1) is 41.4 Å². The van der Waals surface area contributed by atoms with Crippen molar-refractivity contribution in [3.05, 3.63) is 0 Å². The van der Waals surface area contributed by atoms with Gasteiger partial charge in [0.1, 0.15) is 59.9 Å². The number of halogens is 4. The number of nitrogens with zero attached hydrogens (tertiary/aromatic N) is 9. The van der Waals surface area contributed by atoms with Crippen molar-refractivity contribution in [3.8, 4) is 0 Å². The molecular formula is C74H122ClF3N12O13. The quantitative estimate of drug-likeness (QED) is 0.173. The van der Waals surface area contributed by atoms with Gasteiger partial charge >= 0.3 is 6.18 Å². The Bertz CT molecular complexity index is 3010. The lowest BCUT2D eigenvalue weighted by Crippen LogP contribution is -2.65. The number of ether oxygens (including phenoxy) is 1. The van der Waals surface area contributed by atoms with Gasteiger partial charge in [-0.05, 0) is 126 Å². The molecule has 584 valence electrons. The summed E-state index contributed by atoms with van der Waals surface area (Å²) in [6.07, 6.45) is 3.19. The van der Waals surface area contributed by atoms with E-state index in [-0.39, 0.29) is 88.7 Å². The van der Waals surface area contributed by atoms with Gasteiger partial charge in [-0.2, -0.15) is 13.2 Å². The second-order valence-corrected chi connectivity index (χ2v) is 32.2. The van der Waals surface area contributed by atoms with E-state index in [2.05, 4.69) is 22.9 Å². The van der Waals surface area contributed by atoms with Gasteiger partial charge in [-0.15, -0.1) is 11.6 Å². The lowest BCUT2D eigenvalue weighted by molar-refractivity contribution is -0.182. The summed E-state index contributed by atoms with van der Waals surface area (Å²) in [4.78, 5) is 191. The van der Waals surface area contributed by atoms with Gasteiger partial charge in [0.2, 0.25) is 70.9 Å². The third kappa shape index (κ3) is 20.9. The normalized spacial score (nSPS) is 32.8. The lowest BCUT2D eigenvalue weighted by atomic mass is 9.78. The average molecular weight is 1480 g/mol. The first-order chi connectivity index (χ1) is 48.2. The maximum atomic E-state index is 15.7. The largest absolute Gasteiger partial charge is 0.393 e. The highest BCUT2D eigenvalue weighted by Gasteiger charge is 2.52. The molecule has 12 amide bonds. The van der Waals surface area contributed by atoms with Crippen molar-refractivity contribution < 1.29 is 75.4 Å². The number of nitrogens with one attached hydrogen (secondary N) is 3. The molecule has 2 aliphatic heterocycles. The summed E-state index contributed by atoms with van der Waals surface area (Å²) in [5.41, 5.74) is -1.63. The molecule has 6 rings (SSSR count). The first-order valence-corrected chi connectivity index (χ1v) is 38.2. The Kier molecular flexibility index (Phi) is 31.0. The molecule has 29 heteroatoms. The summed E-state index contributed by atoms with van der Waals surface area (Å²) in [5.74, 6) is -10.9. The number of likely N-dealkylation sites (N-methyl/N-ethyl adjacent to an activating group) is 8. The fraction of sp³-hybridized carbons (Fsp3) is 0.838. The average Bonchev–Trinajstić information content (AvgIpc) is 1.32. The Morgan fingerprint density at radius 3 is 1.79 bits per heavy atom. The van der Waals surface area contributed by atoms with Crippen LogP contribution in [-0.2, 0) is 62.3 Å². The van der Waals surface area contributed by atoms with E-state index < -0.39 is 179 Å². The number of rotatable bonds is 13. The predicted molar refractivity (Wildman–Crippen MR) is 383 cm³/mol. The zero-order valence-electron chi connectivity index (χ0n) is 64.4. The summed E-state index contributed by atoms with van der Waals surface area (Å²) in [6, 6.07) is -11.2. The second kappa shape index (κ2) is 37.3. The fourth-order valence-corrected chi connectivity index (χ4v) is 16.9. The molecule has 25 nitrogen and oxygen atoms in total. The Balaban J connectivity index is 1.46. The van der Waals surface area contributed by atoms with Gasteiger partial charge in [0, 0.05) is 82.5 Å². The molecule has 2 saturated heterocycles. The predicted octanol–water partition coefficient (Wildman–Crippen LogP) is 6.21. The van der Waals surface area contributed by atoms with E-state index >= 15 is 24.0 Å². The molecule has 16 atom stereocenters. The van der Waals surface area contributed by atoms with E-state index in [1.807, 2.05) is 13.8 Å². The maximum absolute atomic E-state index is 15.7. The van der Waals surface area contributed by atoms with Gasteiger partial charge in [-0.25, -0.2) is 0 Å². The Labute approximate surface area is 614 Å². The van der Waals surface area contributed by atoms with E-state index in [0.29, 0.717) is 44.4 Å². The van der Waals surface area contributed by atoms with Crippen molar-refractivity contribution in [2.24, 2.45) is 41.4 Å². The first kappa shape index (κ1) is 85.6. The van der Waals surface area contributed by atoms with Gasteiger partial charge in [0.05, 0.1) is 25.0 Å². The van der Waals surface area contributed by atoms with Gasteiger partial charge in [0.15, 0.2) is 0 Å². The molecule has 6 fully saturated rings. The van der Waals surface area contributed by atoms with Crippen LogP contribution in [0.5, 0.6) is 0 Å². The minimum absolute atomic E-state index is 0.00661. The van der Waals surface area contributed by atoms with Crippen molar-refractivity contribution in [2.45, 2.75) is 274 Å². The van der Waals surface area contributed by atoms with Crippen molar-refractivity contribution >= 4 is 82.5 Å². The van der Waals surface area contributed by atoms with Crippen molar-refractivity contribution in [1.82, 2.24) is 60.0 Å². The highest BCUT2D eigenvalue weighted by molar-refractivity contribution is 6.21. The summed E-state index contributed by atoms with van der Waals surface area (Å²) in [6.45, 7) is 11.8. The number of alkyl halides is 4. The van der Waals surface area contributed by atoms with E-state index in [9.17, 15) is 46.7 Å². The van der Waals surface area contributed by atoms with E-state index in [1.165, 1.54) is 112 Å². The van der Waals surface area contributed by atoms with E-state index in [4.69, 9.17) is 16.3 Å². The number of fused-ring (bicyclic) bond motifs is 1. The molecule has 4 aliphatic carbocycles. The smallest absolute Gasteiger partial charge is 0.381 e. The van der Waals surface area contributed by atoms with E-state index in [0.717, 1.165) is 48.3 Å². The van der Waals surface area contributed by atoms with Gasteiger partial charge < -0.3 is 64.8 Å². The number of hydrogen-bond donors (Lipinski definition) is 3. The minimum Gasteiger partial charge on any atom is -0.381 e. The monoisotopic (exact) mass is 1480 g/mol. The van der Waals surface area contributed by atoms with Gasteiger partial charge in [-0.1, -0.05) is 98.8 Å². The number of carbonyl (C=O) groups is 12. The lowest BCUT2D eigenvalue weighted by Gasteiger charge is -2.45. The summed E-state index contributed by atoms with van der Waals surface area (Å²) in [5, 5.41) is 7.57. The van der Waals surface area contributed by atoms with Crippen LogP contribution in [-0.4, -0.2) is 276 Å². The van der Waals surface area contributed by atoms with Crippen LogP contribution in [0.1, 0.15) is 196 Å². The molecule has 0 aromatic rings. The SMILES string of the molecule is CC[C@H](C)[C@@H]1NC(=O)[C@H](C)N(C)C(=O)C[C@@H](C(=O)N(C)C)N(C)C(=O)[C@H]([C@@H](C)CC)N(C)C(=O)C2(CCCC2)NC(=O)[C@H](CC2CCCC(OC)C2)N(C)C(=O)[C@H](CCC2CCC(C(F)(F)F)C(Cl)C2)NC(=O)CN(C)C(=O)[C@H](CC2CCC(C)CC2)N(C)C(=O)[C@@H]2CCN2C(=O)[C@H](C)N(C)C1=O. The molecule has 0 radical (unpaired) electrons.